The summed E-state index contributed by atoms with van der Waals surface area (Å²) in [6.07, 6.45) is 0. The fourth-order valence-corrected chi connectivity index (χ4v) is 3.63. The summed E-state index contributed by atoms with van der Waals surface area (Å²) in [5.41, 5.74) is 1.71. The third-order valence-electron chi connectivity index (χ3n) is 5.45. The predicted octanol–water partition coefficient (Wildman–Crippen LogP) is 1.70. The van der Waals surface area contributed by atoms with Crippen molar-refractivity contribution in [1.29, 1.82) is 0 Å². The molecule has 2 aromatic rings. The first-order chi connectivity index (χ1) is 15.0. The molecule has 1 heterocycles. The van der Waals surface area contributed by atoms with E-state index in [0.717, 1.165) is 44.0 Å². The van der Waals surface area contributed by atoms with Crippen molar-refractivity contribution in [3.63, 3.8) is 0 Å². The van der Waals surface area contributed by atoms with Gasteiger partial charge in [0.1, 0.15) is 12.4 Å². The normalized spacial score (nSPS) is 14.5. The molecule has 0 radical (unpaired) electrons. The van der Waals surface area contributed by atoms with Crippen molar-refractivity contribution in [2.24, 2.45) is 0 Å². The van der Waals surface area contributed by atoms with Gasteiger partial charge in [0.25, 0.3) is 5.91 Å². The number of amides is 2. The van der Waals surface area contributed by atoms with Gasteiger partial charge in [0.15, 0.2) is 0 Å². The van der Waals surface area contributed by atoms with Crippen LogP contribution in [0.15, 0.2) is 54.6 Å². The quantitative estimate of drug-likeness (QED) is 0.664. The lowest BCUT2D eigenvalue weighted by atomic mass is 10.1. The smallest absolute Gasteiger partial charge is 0.251 e. The average molecular weight is 425 g/mol. The molecule has 7 nitrogen and oxygen atoms in total. The molecule has 1 fully saturated rings. The van der Waals surface area contributed by atoms with Gasteiger partial charge < -0.3 is 15.0 Å². The minimum absolute atomic E-state index is 0.0964. The number of likely N-dealkylation sites (N-methyl/N-ethyl adjacent to an activating group) is 1. The molecule has 0 saturated carbocycles. The first-order valence-corrected chi connectivity index (χ1v) is 10.7. The summed E-state index contributed by atoms with van der Waals surface area (Å²) < 4.78 is 5.77. The van der Waals surface area contributed by atoms with Crippen LogP contribution in [0.2, 0.25) is 0 Å². The molecule has 0 aliphatic carbocycles. The number of para-hydroxylation sites is 1. The maximum Gasteiger partial charge on any atom is 0.251 e. The SMILES string of the molecule is CNC(=O)c1ccc(CN(C)CC(=O)N2CCN(CCOc3ccccc3)CC2)cc1. The van der Waals surface area contributed by atoms with Crippen LogP contribution in [0.1, 0.15) is 15.9 Å². The molecule has 0 bridgehead atoms. The standard InChI is InChI=1S/C24H32N4O3/c1-25-24(30)21-10-8-20(9-11-21)18-26(2)19-23(29)28-14-12-27(13-15-28)16-17-31-22-6-4-3-5-7-22/h3-11H,12-19H2,1-2H3,(H,25,30). The molecule has 0 spiro atoms. The number of hydrogen-bond donors (Lipinski definition) is 1. The van der Waals surface area contributed by atoms with Gasteiger partial charge in [-0.1, -0.05) is 30.3 Å². The monoisotopic (exact) mass is 424 g/mol. The van der Waals surface area contributed by atoms with E-state index in [1.165, 1.54) is 0 Å². The molecule has 0 aromatic heterocycles. The molecule has 0 atom stereocenters. The molecule has 1 N–H and O–H groups in total. The number of rotatable bonds is 9. The van der Waals surface area contributed by atoms with Gasteiger partial charge >= 0.3 is 0 Å². The third kappa shape index (κ3) is 7.08. The van der Waals surface area contributed by atoms with Gasteiger partial charge in [-0.25, -0.2) is 0 Å². The van der Waals surface area contributed by atoms with E-state index in [2.05, 4.69) is 10.2 Å². The Kier molecular flexibility index (Phi) is 8.44. The van der Waals surface area contributed by atoms with Crippen LogP contribution in [0.25, 0.3) is 0 Å². The highest BCUT2D eigenvalue weighted by Crippen LogP contribution is 2.10. The number of hydrogen-bond acceptors (Lipinski definition) is 5. The number of piperazine rings is 1. The zero-order valence-corrected chi connectivity index (χ0v) is 18.4. The van der Waals surface area contributed by atoms with Crippen LogP contribution in [0, 0.1) is 0 Å². The van der Waals surface area contributed by atoms with Crippen molar-refractivity contribution in [2.45, 2.75) is 6.54 Å². The van der Waals surface area contributed by atoms with E-state index in [0.29, 0.717) is 25.3 Å². The van der Waals surface area contributed by atoms with E-state index < -0.39 is 0 Å². The van der Waals surface area contributed by atoms with Gasteiger partial charge in [0.05, 0.1) is 6.54 Å². The van der Waals surface area contributed by atoms with E-state index in [9.17, 15) is 9.59 Å². The topological polar surface area (TPSA) is 65.1 Å². The second kappa shape index (κ2) is 11.5. The van der Waals surface area contributed by atoms with Gasteiger partial charge in [-0.05, 0) is 36.9 Å². The lowest BCUT2D eigenvalue weighted by Gasteiger charge is -2.35. The number of ether oxygens (including phenoxy) is 1. The fraction of sp³-hybridized carbons (Fsp3) is 0.417. The molecule has 2 amide bonds. The summed E-state index contributed by atoms with van der Waals surface area (Å²) in [5, 5.41) is 2.62. The van der Waals surface area contributed by atoms with Crippen molar-refractivity contribution >= 4 is 11.8 Å². The Morgan fingerprint density at radius 2 is 1.68 bits per heavy atom. The van der Waals surface area contributed by atoms with Crippen molar-refractivity contribution in [2.75, 3.05) is 60.0 Å². The second-order valence-corrected chi connectivity index (χ2v) is 7.83. The number of nitrogens with one attached hydrogen (secondary N) is 1. The van der Waals surface area contributed by atoms with Crippen LogP contribution in [0.4, 0.5) is 0 Å². The Morgan fingerprint density at radius 1 is 1.00 bits per heavy atom. The predicted molar refractivity (Wildman–Crippen MR) is 121 cm³/mol. The Balaban J connectivity index is 1.35. The van der Waals surface area contributed by atoms with Gasteiger partial charge in [-0.2, -0.15) is 0 Å². The Bertz CT molecular complexity index is 834. The minimum Gasteiger partial charge on any atom is -0.492 e. The minimum atomic E-state index is -0.0964. The van der Waals surface area contributed by atoms with Crippen LogP contribution in [-0.2, 0) is 11.3 Å². The van der Waals surface area contributed by atoms with Gasteiger partial charge in [-0.15, -0.1) is 0 Å². The zero-order valence-electron chi connectivity index (χ0n) is 18.4. The van der Waals surface area contributed by atoms with Crippen LogP contribution >= 0.6 is 0 Å². The molecule has 7 heteroatoms. The first-order valence-electron chi connectivity index (χ1n) is 10.7. The zero-order chi connectivity index (χ0) is 22.1. The summed E-state index contributed by atoms with van der Waals surface area (Å²) >= 11 is 0. The Hall–Kier alpha value is -2.90. The molecule has 1 saturated heterocycles. The lowest BCUT2D eigenvalue weighted by Crippen LogP contribution is -2.51. The van der Waals surface area contributed by atoms with E-state index in [4.69, 9.17) is 4.74 Å². The molecule has 1 aliphatic heterocycles. The number of carbonyl (C=O) groups excluding carboxylic acids is 2. The van der Waals surface area contributed by atoms with E-state index in [1.807, 2.05) is 71.4 Å². The van der Waals surface area contributed by atoms with E-state index in [-0.39, 0.29) is 11.8 Å². The summed E-state index contributed by atoms with van der Waals surface area (Å²) in [5.74, 6) is 0.952. The maximum atomic E-state index is 12.7. The van der Waals surface area contributed by atoms with Crippen molar-refractivity contribution in [3.8, 4) is 5.75 Å². The number of benzene rings is 2. The second-order valence-electron chi connectivity index (χ2n) is 7.83. The Morgan fingerprint density at radius 3 is 2.32 bits per heavy atom. The third-order valence-corrected chi connectivity index (χ3v) is 5.45. The number of carbonyl (C=O) groups is 2. The first kappa shape index (κ1) is 22.8. The summed E-state index contributed by atoms with van der Waals surface area (Å²) in [6.45, 7) is 5.80. The summed E-state index contributed by atoms with van der Waals surface area (Å²) in [6, 6.07) is 17.3. The fourth-order valence-electron chi connectivity index (χ4n) is 3.63. The van der Waals surface area contributed by atoms with Crippen molar-refractivity contribution < 1.29 is 14.3 Å². The van der Waals surface area contributed by atoms with Crippen LogP contribution in [0.5, 0.6) is 5.75 Å². The number of nitrogens with zero attached hydrogens (tertiary/aromatic N) is 3. The molecular formula is C24H32N4O3. The average Bonchev–Trinajstić information content (AvgIpc) is 2.80. The van der Waals surface area contributed by atoms with Crippen molar-refractivity contribution in [3.05, 3.63) is 65.7 Å². The molecule has 3 rings (SSSR count). The molecule has 0 unspecified atom stereocenters. The highest BCUT2D eigenvalue weighted by atomic mass is 16.5. The van der Waals surface area contributed by atoms with E-state index >= 15 is 0 Å². The lowest BCUT2D eigenvalue weighted by molar-refractivity contribution is -0.134. The summed E-state index contributed by atoms with van der Waals surface area (Å²) in [7, 11) is 3.57. The van der Waals surface area contributed by atoms with Crippen molar-refractivity contribution in [1.82, 2.24) is 20.0 Å². The summed E-state index contributed by atoms with van der Waals surface area (Å²) in [4.78, 5) is 30.6. The van der Waals surface area contributed by atoms with Gasteiger partial charge in [0, 0.05) is 51.9 Å². The van der Waals surface area contributed by atoms with Crippen LogP contribution < -0.4 is 10.1 Å². The molecular weight excluding hydrogens is 392 g/mol. The highest BCUT2D eigenvalue weighted by Gasteiger charge is 2.21. The highest BCUT2D eigenvalue weighted by molar-refractivity contribution is 5.93. The molecule has 31 heavy (non-hydrogen) atoms. The maximum absolute atomic E-state index is 12.7. The molecule has 166 valence electrons. The van der Waals surface area contributed by atoms with Gasteiger partial charge in [0.2, 0.25) is 5.91 Å². The Labute approximate surface area is 184 Å². The van der Waals surface area contributed by atoms with Gasteiger partial charge in [-0.3, -0.25) is 19.4 Å². The largest absolute Gasteiger partial charge is 0.492 e. The van der Waals surface area contributed by atoms with Crippen LogP contribution in [-0.4, -0.2) is 86.5 Å². The van der Waals surface area contributed by atoms with E-state index in [1.54, 1.807) is 7.05 Å². The molecule has 2 aromatic carbocycles. The van der Waals surface area contributed by atoms with Crippen LogP contribution in [0.3, 0.4) is 0 Å². The molecule has 1 aliphatic rings.